The van der Waals surface area contributed by atoms with E-state index in [2.05, 4.69) is 18.7 Å². The number of fused-ring (bicyclic) bond motifs is 2. The summed E-state index contributed by atoms with van der Waals surface area (Å²) in [6, 6.07) is 0. The molecule has 2 bridgehead atoms. The smallest absolute Gasteiger partial charge is 0.00388 e. The van der Waals surface area contributed by atoms with Crippen LogP contribution in [0.3, 0.4) is 0 Å². The summed E-state index contributed by atoms with van der Waals surface area (Å²) in [5.74, 6) is 6.13. The van der Waals surface area contributed by atoms with Crippen molar-refractivity contribution >= 4 is 11.8 Å². The molecular weight excluding hydrogens is 188 g/mol. The molecule has 2 unspecified atom stereocenters. The Bertz CT molecular complexity index is 106. The molecule has 0 radical (unpaired) electrons. The molecule has 1 aliphatic carbocycles. The molecule has 0 nitrogen and oxygen atoms in total. The summed E-state index contributed by atoms with van der Waals surface area (Å²) in [6.07, 6.45) is 4.59. The van der Waals surface area contributed by atoms with Crippen LogP contribution in [0, 0.1) is 17.8 Å². The third-order valence-electron chi connectivity index (χ3n) is 2.85. The lowest BCUT2D eigenvalue weighted by atomic mass is 9.77. The zero-order valence-corrected chi connectivity index (χ0v) is 11.5. The van der Waals surface area contributed by atoms with Crippen LogP contribution in [0.25, 0.3) is 0 Å². The van der Waals surface area contributed by atoms with E-state index in [1.54, 1.807) is 6.42 Å². The molecule has 14 heavy (non-hydrogen) atoms. The Morgan fingerprint density at radius 3 is 1.64 bits per heavy atom. The first-order chi connectivity index (χ1) is 6.84. The Morgan fingerprint density at radius 1 is 0.786 bits per heavy atom. The van der Waals surface area contributed by atoms with Crippen LogP contribution in [-0.4, -0.2) is 11.5 Å². The molecule has 2 fully saturated rings. The molecule has 2 atom stereocenters. The van der Waals surface area contributed by atoms with Crippen LogP contribution in [0.4, 0.5) is 0 Å². The minimum atomic E-state index is 1.03. The summed E-state index contributed by atoms with van der Waals surface area (Å²) in [5.41, 5.74) is 0. The maximum atomic E-state index is 2.43. The van der Waals surface area contributed by atoms with E-state index in [1.165, 1.54) is 24.3 Å². The van der Waals surface area contributed by atoms with Crippen molar-refractivity contribution in [1.82, 2.24) is 0 Å². The van der Waals surface area contributed by atoms with E-state index in [1.807, 2.05) is 27.7 Å². The van der Waals surface area contributed by atoms with E-state index in [0.29, 0.717) is 0 Å². The van der Waals surface area contributed by atoms with Crippen molar-refractivity contribution in [3.8, 4) is 0 Å². The first-order valence-corrected chi connectivity index (χ1v) is 7.58. The molecule has 2 aliphatic rings. The molecule has 0 aromatic heterocycles. The predicted octanol–water partition coefficient (Wildman–Crippen LogP) is 4.84. The Kier molecular flexibility index (Phi) is 8.86. The molecule has 0 aromatic carbocycles. The first-order valence-electron chi connectivity index (χ1n) is 6.42. The van der Waals surface area contributed by atoms with Gasteiger partial charge in [-0.25, -0.2) is 0 Å². The van der Waals surface area contributed by atoms with Crippen LogP contribution in [0.5, 0.6) is 0 Å². The number of rotatable bonds is 0. The zero-order valence-electron chi connectivity index (χ0n) is 10.7. The standard InChI is InChI=1S/C9H16S.2C2H6/c1-7-2-8-4-9(3-7)6-10-5-8;2*1-2/h7-9H,2-6H2,1H3;2*1-2H3. The van der Waals surface area contributed by atoms with Crippen LogP contribution in [0.2, 0.25) is 0 Å². The summed E-state index contributed by atoms with van der Waals surface area (Å²) in [6.45, 7) is 10.4. The first kappa shape index (κ1) is 14.3. The fourth-order valence-corrected chi connectivity index (χ4v) is 3.92. The largest absolute Gasteiger partial charge is 0.161 e. The molecule has 0 amide bonds. The summed E-state index contributed by atoms with van der Waals surface area (Å²) < 4.78 is 0. The fraction of sp³-hybridized carbons (Fsp3) is 1.00. The van der Waals surface area contributed by atoms with Gasteiger partial charge in [-0.15, -0.1) is 0 Å². The van der Waals surface area contributed by atoms with Crippen LogP contribution in [0.1, 0.15) is 53.9 Å². The molecule has 0 aromatic rings. The van der Waals surface area contributed by atoms with Gasteiger partial charge < -0.3 is 0 Å². The lowest BCUT2D eigenvalue weighted by Gasteiger charge is -2.37. The average Bonchev–Trinajstić information content (AvgIpc) is 2.23. The van der Waals surface area contributed by atoms with Gasteiger partial charge in [-0.1, -0.05) is 34.6 Å². The summed E-state index contributed by atoms with van der Waals surface area (Å²) in [7, 11) is 0. The van der Waals surface area contributed by atoms with Gasteiger partial charge in [-0.3, -0.25) is 0 Å². The Hall–Kier alpha value is 0.350. The van der Waals surface area contributed by atoms with Crippen molar-refractivity contribution in [3.05, 3.63) is 0 Å². The van der Waals surface area contributed by atoms with Crippen LogP contribution in [-0.2, 0) is 0 Å². The molecular formula is C13H28S. The minimum absolute atomic E-state index is 1.03. The van der Waals surface area contributed by atoms with Gasteiger partial charge in [0.2, 0.25) is 0 Å². The Morgan fingerprint density at radius 2 is 1.21 bits per heavy atom. The average molecular weight is 216 g/mol. The van der Waals surface area contributed by atoms with Crippen molar-refractivity contribution in [2.24, 2.45) is 17.8 Å². The van der Waals surface area contributed by atoms with E-state index < -0.39 is 0 Å². The van der Waals surface area contributed by atoms with Crippen molar-refractivity contribution < 1.29 is 0 Å². The molecule has 1 saturated heterocycles. The molecule has 0 spiro atoms. The van der Waals surface area contributed by atoms with Gasteiger partial charge >= 0.3 is 0 Å². The lowest BCUT2D eigenvalue weighted by molar-refractivity contribution is 0.232. The monoisotopic (exact) mass is 216 g/mol. The van der Waals surface area contributed by atoms with Crippen molar-refractivity contribution in [1.29, 1.82) is 0 Å². The van der Waals surface area contributed by atoms with Crippen LogP contribution < -0.4 is 0 Å². The van der Waals surface area contributed by atoms with E-state index in [0.717, 1.165) is 17.8 Å². The maximum Gasteiger partial charge on any atom is -0.00388 e. The SMILES string of the molecule is CC.CC.CC1CC2CSCC(C1)C2. The number of hydrogen-bond acceptors (Lipinski definition) is 1. The second-order valence-corrected chi connectivity index (χ2v) is 5.16. The summed E-state index contributed by atoms with van der Waals surface area (Å²) in [4.78, 5) is 0. The highest BCUT2D eigenvalue weighted by Gasteiger charge is 2.29. The van der Waals surface area contributed by atoms with E-state index >= 15 is 0 Å². The maximum absolute atomic E-state index is 2.43. The fourth-order valence-electron chi connectivity index (χ4n) is 2.57. The van der Waals surface area contributed by atoms with Gasteiger partial charge in [0.1, 0.15) is 0 Å². The van der Waals surface area contributed by atoms with Crippen molar-refractivity contribution in [2.45, 2.75) is 53.9 Å². The predicted molar refractivity (Wildman–Crippen MR) is 70.0 cm³/mol. The molecule has 2 rings (SSSR count). The Labute approximate surface area is 95.2 Å². The van der Waals surface area contributed by atoms with Crippen LogP contribution >= 0.6 is 11.8 Å². The van der Waals surface area contributed by atoms with Gasteiger partial charge in [0, 0.05) is 0 Å². The summed E-state index contributed by atoms with van der Waals surface area (Å²) in [5, 5.41) is 0. The molecule has 0 N–H and O–H groups in total. The second kappa shape index (κ2) is 8.64. The van der Waals surface area contributed by atoms with Gasteiger partial charge in [0.05, 0.1) is 0 Å². The number of thioether (sulfide) groups is 1. The number of hydrogen-bond donors (Lipinski definition) is 0. The quantitative estimate of drug-likeness (QED) is 0.558. The molecule has 86 valence electrons. The third kappa shape index (κ3) is 4.72. The summed E-state index contributed by atoms with van der Waals surface area (Å²) >= 11 is 2.19. The van der Waals surface area contributed by atoms with Gasteiger partial charge in [0.25, 0.3) is 0 Å². The zero-order chi connectivity index (χ0) is 11.0. The molecule has 1 saturated carbocycles. The second-order valence-electron chi connectivity index (χ2n) is 4.08. The lowest BCUT2D eigenvalue weighted by Crippen LogP contribution is -2.28. The topological polar surface area (TPSA) is 0 Å². The van der Waals surface area contributed by atoms with Crippen molar-refractivity contribution in [3.63, 3.8) is 0 Å². The van der Waals surface area contributed by atoms with E-state index in [-0.39, 0.29) is 0 Å². The van der Waals surface area contributed by atoms with E-state index in [9.17, 15) is 0 Å². The highest BCUT2D eigenvalue weighted by Crippen LogP contribution is 2.40. The van der Waals surface area contributed by atoms with Crippen LogP contribution in [0.15, 0.2) is 0 Å². The van der Waals surface area contributed by atoms with E-state index in [4.69, 9.17) is 0 Å². The Balaban J connectivity index is 0.000000379. The highest BCUT2D eigenvalue weighted by atomic mass is 32.2. The molecule has 1 heterocycles. The van der Waals surface area contributed by atoms with Crippen molar-refractivity contribution in [2.75, 3.05) is 11.5 Å². The minimum Gasteiger partial charge on any atom is -0.161 e. The molecule has 1 aliphatic heterocycles. The van der Waals surface area contributed by atoms with Gasteiger partial charge in [-0.05, 0) is 48.5 Å². The highest BCUT2D eigenvalue weighted by molar-refractivity contribution is 7.99. The van der Waals surface area contributed by atoms with Gasteiger partial charge in [0.15, 0.2) is 0 Å². The molecule has 1 heteroatoms. The third-order valence-corrected chi connectivity index (χ3v) is 4.26. The van der Waals surface area contributed by atoms with Gasteiger partial charge in [-0.2, -0.15) is 11.8 Å². The normalized spacial score (nSPS) is 34.5.